The van der Waals surface area contributed by atoms with Gasteiger partial charge in [0, 0.05) is 18.7 Å². The van der Waals surface area contributed by atoms with Crippen molar-refractivity contribution in [2.45, 2.75) is 13.0 Å². The van der Waals surface area contributed by atoms with Gasteiger partial charge in [-0.15, -0.1) is 0 Å². The third-order valence-corrected chi connectivity index (χ3v) is 4.83. The van der Waals surface area contributed by atoms with E-state index in [9.17, 15) is 4.39 Å². The van der Waals surface area contributed by atoms with E-state index in [0.29, 0.717) is 40.1 Å². The topological polar surface area (TPSA) is 56.1 Å². The van der Waals surface area contributed by atoms with E-state index in [1.165, 1.54) is 12.1 Å². The summed E-state index contributed by atoms with van der Waals surface area (Å²) in [4.78, 5) is 15.4. The molecule has 1 aliphatic rings. The number of hydrogen-bond acceptors (Lipinski definition) is 5. The number of rotatable bonds is 2. The molecule has 0 radical (unpaired) electrons. The van der Waals surface area contributed by atoms with Crippen molar-refractivity contribution >= 4 is 44.4 Å². The van der Waals surface area contributed by atoms with Crippen molar-refractivity contribution in [1.82, 2.24) is 19.5 Å². The molecule has 3 aromatic rings. The summed E-state index contributed by atoms with van der Waals surface area (Å²) >= 11 is 9.65. The van der Waals surface area contributed by atoms with E-state index in [-0.39, 0.29) is 11.9 Å². The molecule has 2 aromatic heterocycles. The van der Waals surface area contributed by atoms with Crippen LogP contribution < -0.4 is 4.90 Å². The molecule has 0 aliphatic carbocycles. The Bertz CT molecular complexity index is 950. The van der Waals surface area contributed by atoms with E-state index in [1.54, 1.807) is 16.7 Å². The Kier molecular flexibility index (Phi) is 4.35. The summed E-state index contributed by atoms with van der Waals surface area (Å²) in [6, 6.07) is 6.31. The summed E-state index contributed by atoms with van der Waals surface area (Å²) in [6.07, 6.45) is 0. The van der Waals surface area contributed by atoms with Crippen LogP contribution in [0.5, 0.6) is 0 Å². The van der Waals surface area contributed by atoms with Crippen molar-refractivity contribution in [1.29, 1.82) is 0 Å². The number of ether oxygens (including phenoxy) is 1. The van der Waals surface area contributed by atoms with Crippen molar-refractivity contribution in [3.63, 3.8) is 0 Å². The smallest absolute Gasteiger partial charge is 0.239 e. The Labute approximate surface area is 156 Å². The molecule has 25 heavy (non-hydrogen) atoms. The number of hydrogen-bond donors (Lipinski definition) is 0. The first-order chi connectivity index (χ1) is 12.0. The van der Waals surface area contributed by atoms with Crippen LogP contribution in [0.1, 0.15) is 6.92 Å². The summed E-state index contributed by atoms with van der Waals surface area (Å²) in [7, 11) is 0. The van der Waals surface area contributed by atoms with Gasteiger partial charge in [-0.05, 0) is 35.0 Å². The van der Waals surface area contributed by atoms with E-state index in [2.05, 4.69) is 42.7 Å². The first-order valence-corrected chi connectivity index (χ1v) is 8.93. The lowest BCUT2D eigenvalue weighted by Gasteiger charge is -2.34. The highest BCUT2D eigenvalue weighted by Crippen LogP contribution is 2.27. The quantitative estimate of drug-likeness (QED) is 0.586. The van der Waals surface area contributed by atoms with E-state index >= 15 is 0 Å². The lowest BCUT2D eigenvalue weighted by molar-refractivity contribution is 0.0985. The van der Waals surface area contributed by atoms with E-state index in [4.69, 9.17) is 16.3 Å². The maximum absolute atomic E-state index is 13.5. The fourth-order valence-electron chi connectivity index (χ4n) is 2.92. The van der Waals surface area contributed by atoms with E-state index in [0.717, 1.165) is 12.4 Å². The number of imidazole rings is 1. The number of anilines is 1. The van der Waals surface area contributed by atoms with Crippen molar-refractivity contribution in [2.75, 3.05) is 24.7 Å². The number of halogens is 3. The fraction of sp³-hybridized carbons (Fsp3) is 0.312. The van der Waals surface area contributed by atoms with E-state index in [1.807, 2.05) is 0 Å². The fourth-order valence-corrected chi connectivity index (χ4v) is 3.64. The van der Waals surface area contributed by atoms with Crippen LogP contribution in [0.3, 0.4) is 0 Å². The highest BCUT2D eigenvalue weighted by molar-refractivity contribution is 9.10. The number of morpholine rings is 1. The lowest BCUT2D eigenvalue weighted by atomic mass is 10.2. The van der Waals surface area contributed by atoms with Gasteiger partial charge in [0.2, 0.25) is 5.95 Å². The normalized spacial score (nSPS) is 18.1. The molecule has 1 aliphatic heterocycles. The van der Waals surface area contributed by atoms with Crippen molar-refractivity contribution in [2.24, 2.45) is 0 Å². The second-order valence-corrected chi connectivity index (χ2v) is 6.91. The molecule has 0 N–H and O–H groups in total. The van der Waals surface area contributed by atoms with Crippen LogP contribution >= 0.6 is 27.5 Å². The predicted molar refractivity (Wildman–Crippen MR) is 97.0 cm³/mol. The third kappa shape index (κ3) is 3.09. The lowest BCUT2D eigenvalue weighted by Crippen LogP contribution is -2.44. The number of fused-ring (bicyclic) bond motifs is 1. The average molecular weight is 427 g/mol. The molecule has 4 rings (SSSR count). The molecule has 6 nitrogen and oxygen atoms in total. The molecule has 130 valence electrons. The Morgan fingerprint density at radius 3 is 2.92 bits per heavy atom. The Morgan fingerprint density at radius 1 is 1.28 bits per heavy atom. The standard InChI is InChI=1S/C16H14BrClFN5O/c1-9-8-25-5-4-23(9)14-7-13(18)21-16(22-14)24-12-3-2-10(19)6-11(12)20-15(24)17/h2-3,6-7,9H,4-5,8H2,1H3/t9-/m1/s1. The highest BCUT2D eigenvalue weighted by Gasteiger charge is 2.22. The predicted octanol–water partition coefficient (Wildman–Crippen LogP) is 3.60. The van der Waals surface area contributed by atoms with E-state index < -0.39 is 0 Å². The summed E-state index contributed by atoms with van der Waals surface area (Å²) in [5.74, 6) is 0.753. The molecule has 1 atom stereocenters. The Balaban J connectivity index is 1.85. The van der Waals surface area contributed by atoms with Gasteiger partial charge in [-0.25, -0.2) is 14.4 Å². The van der Waals surface area contributed by atoms with Crippen molar-refractivity contribution in [3.05, 3.63) is 40.0 Å². The monoisotopic (exact) mass is 425 g/mol. The minimum absolute atomic E-state index is 0.185. The SMILES string of the molecule is C[C@@H]1COCCN1c1cc(Cl)nc(-n2c(Br)nc3cc(F)ccc32)n1. The van der Waals surface area contributed by atoms with Gasteiger partial charge in [-0.2, -0.15) is 4.98 Å². The molecule has 0 spiro atoms. The van der Waals surface area contributed by atoms with Crippen LogP contribution in [0.25, 0.3) is 17.0 Å². The van der Waals surface area contributed by atoms with Gasteiger partial charge >= 0.3 is 0 Å². The molecule has 0 unspecified atom stereocenters. The van der Waals surface area contributed by atoms with Crippen molar-refractivity contribution in [3.8, 4) is 5.95 Å². The first kappa shape index (κ1) is 16.7. The molecule has 1 aromatic carbocycles. The number of nitrogens with zero attached hydrogens (tertiary/aromatic N) is 5. The number of aromatic nitrogens is 4. The molecule has 1 fully saturated rings. The molecular formula is C16H14BrClFN5O. The summed E-state index contributed by atoms with van der Waals surface area (Å²) in [6.45, 7) is 4.07. The number of benzene rings is 1. The van der Waals surface area contributed by atoms with Gasteiger partial charge in [-0.1, -0.05) is 11.6 Å². The highest BCUT2D eigenvalue weighted by atomic mass is 79.9. The molecule has 1 saturated heterocycles. The van der Waals surface area contributed by atoms with Gasteiger partial charge < -0.3 is 9.64 Å². The van der Waals surface area contributed by atoms with Crippen LogP contribution in [0.2, 0.25) is 5.15 Å². The van der Waals surface area contributed by atoms with Gasteiger partial charge in [-0.3, -0.25) is 4.57 Å². The minimum atomic E-state index is -0.348. The molecule has 0 saturated carbocycles. The second kappa shape index (κ2) is 6.51. The largest absolute Gasteiger partial charge is 0.377 e. The van der Waals surface area contributed by atoms with Gasteiger partial charge in [0.05, 0.1) is 30.3 Å². The van der Waals surface area contributed by atoms with Crippen molar-refractivity contribution < 1.29 is 9.13 Å². The maximum Gasteiger partial charge on any atom is 0.239 e. The molecule has 3 heterocycles. The summed E-state index contributed by atoms with van der Waals surface area (Å²) in [5.41, 5.74) is 1.20. The zero-order chi connectivity index (χ0) is 17.6. The van der Waals surface area contributed by atoms with Gasteiger partial charge in [0.15, 0.2) is 4.73 Å². The van der Waals surface area contributed by atoms with Crippen LogP contribution in [-0.2, 0) is 4.74 Å². The molecule has 0 amide bonds. The molecule has 0 bridgehead atoms. The summed E-state index contributed by atoms with van der Waals surface area (Å²) in [5, 5.41) is 0.328. The second-order valence-electron chi connectivity index (χ2n) is 5.82. The van der Waals surface area contributed by atoms with Crippen LogP contribution in [-0.4, -0.2) is 45.3 Å². The molecule has 9 heteroatoms. The minimum Gasteiger partial charge on any atom is -0.377 e. The first-order valence-electron chi connectivity index (χ1n) is 7.76. The van der Waals surface area contributed by atoms with Crippen LogP contribution in [0.4, 0.5) is 10.2 Å². The Morgan fingerprint density at radius 2 is 2.12 bits per heavy atom. The zero-order valence-electron chi connectivity index (χ0n) is 13.3. The van der Waals surface area contributed by atoms with Gasteiger partial charge in [0.1, 0.15) is 16.8 Å². The maximum atomic E-state index is 13.5. The Hall–Kier alpha value is -1.77. The summed E-state index contributed by atoms with van der Waals surface area (Å²) < 4.78 is 21.1. The van der Waals surface area contributed by atoms with Gasteiger partial charge in [0.25, 0.3) is 0 Å². The zero-order valence-corrected chi connectivity index (χ0v) is 15.6. The van der Waals surface area contributed by atoms with Crippen LogP contribution in [0.15, 0.2) is 29.0 Å². The average Bonchev–Trinajstić information content (AvgIpc) is 2.89. The molecular weight excluding hydrogens is 413 g/mol. The third-order valence-electron chi connectivity index (χ3n) is 4.11. The van der Waals surface area contributed by atoms with Crippen LogP contribution in [0, 0.1) is 5.82 Å².